The first-order valence-electron chi connectivity index (χ1n) is 6.20. The number of benzene rings is 2. The topological polar surface area (TPSA) is 18.5 Å². The van der Waals surface area contributed by atoms with Crippen molar-refractivity contribution in [3.63, 3.8) is 0 Å². The fourth-order valence-corrected chi connectivity index (χ4v) is 3.14. The van der Waals surface area contributed by atoms with E-state index in [1.165, 1.54) is 21.7 Å². The molecule has 0 N–H and O–H groups in total. The summed E-state index contributed by atoms with van der Waals surface area (Å²) in [6.45, 7) is 4.19. The molecule has 0 heterocycles. The van der Waals surface area contributed by atoms with E-state index in [1.54, 1.807) is 14.2 Å². The van der Waals surface area contributed by atoms with Crippen LogP contribution in [0.4, 0.5) is 0 Å². The van der Waals surface area contributed by atoms with Crippen molar-refractivity contribution < 1.29 is 9.47 Å². The molecule has 100 valence electrons. The predicted molar refractivity (Wildman–Crippen MR) is 83.0 cm³/mol. The first-order valence-corrected chi connectivity index (χ1v) is 7.20. The summed E-state index contributed by atoms with van der Waals surface area (Å²) in [4.78, 5) is 0. The van der Waals surface area contributed by atoms with Gasteiger partial charge in [-0.05, 0) is 48.5 Å². The highest BCUT2D eigenvalue weighted by Crippen LogP contribution is 2.23. The van der Waals surface area contributed by atoms with E-state index in [-0.39, 0.29) is 0 Å². The van der Waals surface area contributed by atoms with Gasteiger partial charge in [0, 0.05) is 5.30 Å². The van der Waals surface area contributed by atoms with E-state index in [1.807, 2.05) is 6.07 Å². The van der Waals surface area contributed by atoms with Crippen LogP contribution < -0.4 is 20.1 Å². The van der Waals surface area contributed by atoms with E-state index in [2.05, 4.69) is 44.2 Å². The maximum Gasteiger partial charge on any atom is 0.126 e. The number of rotatable bonds is 4. The van der Waals surface area contributed by atoms with Crippen LogP contribution in [0.2, 0.25) is 0 Å². The second kappa shape index (κ2) is 6.08. The molecule has 0 bridgehead atoms. The fourth-order valence-electron chi connectivity index (χ4n) is 1.95. The van der Waals surface area contributed by atoms with E-state index < -0.39 is 0 Å². The van der Waals surface area contributed by atoms with Crippen LogP contribution in [0.3, 0.4) is 0 Å². The lowest BCUT2D eigenvalue weighted by Gasteiger charge is -2.12. The normalized spacial score (nSPS) is 10.9. The van der Waals surface area contributed by atoms with Crippen molar-refractivity contribution in [2.75, 3.05) is 14.2 Å². The van der Waals surface area contributed by atoms with Crippen molar-refractivity contribution in [1.29, 1.82) is 0 Å². The van der Waals surface area contributed by atoms with Crippen LogP contribution in [-0.4, -0.2) is 14.2 Å². The average Bonchev–Trinajstić information content (AvgIpc) is 2.42. The summed E-state index contributed by atoms with van der Waals surface area (Å²) in [5, 5.41) is 2.56. The Hall–Kier alpha value is -1.53. The van der Waals surface area contributed by atoms with Crippen molar-refractivity contribution >= 4 is 19.2 Å². The largest absolute Gasteiger partial charge is 0.497 e. The zero-order valence-electron chi connectivity index (χ0n) is 11.8. The molecule has 3 heteroatoms. The van der Waals surface area contributed by atoms with Crippen molar-refractivity contribution in [3.8, 4) is 11.5 Å². The van der Waals surface area contributed by atoms with Gasteiger partial charge in [-0.2, -0.15) is 0 Å². The molecule has 0 aliphatic rings. The Morgan fingerprint density at radius 1 is 0.842 bits per heavy atom. The second-order valence-electron chi connectivity index (χ2n) is 4.51. The highest BCUT2D eigenvalue weighted by atomic mass is 31.1. The number of hydrogen-bond donors (Lipinski definition) is 0. The van der Waals surface area contributed by atoms with E-state index in [9.17, 15) is 0 Å². The zero-order chi connectivity index (χ0) is 13.8. The monoisotopic (exact) mass is 274 g/mol. The van der Waals surface area contributed by atoms with Gasteiger partial charge in [-0.15, -0.1) is 0 Å². The summed E-state index contributed by atoms with van der Waals surface area (Å²) < 4.78 is 10.7. The molecule has 1 atom stereocenters. The predicted octanol–water partition coefficient (Wildman–Crippen LogP) is 2.95. The minimum atomic E-state index is 0.595. The summed E-state index contributed by atoms with van der Waals surface area (Å²) >= 11 is 0. The number of aryl methyl sites for hydroxylation is 2. The molecule has 0 saturated heterocycles. The Morgan fingerprint density at radius 2 is 1.58 bits per heavy atom. The number of hydrogen-bond acceptors (Lipinski definition) is 2. The molecule has 0 radical (unpaired) electrons. The molecule has 0 saturated carbocycles. The number of ether oxygens (including phenoxy) is 2. The Bertz CT molecular complexity index is 579. The summed E-state index contributed by atoms with van der Waals surface area (Å²) in [6.07, 6.45) is 0. The van der Waals surface area contributed by atoms with Gasteiger partial charge in [0.1, 0.15) is 11.5 Å². The third-order valence-electron chi connectivity index (χ3n) is 3.06. The molecule has 1 unspecified atom stereocenters. The quantitative estimate of drug-likeness (QED) is 0.798. The van der Waals surface area contributed by atoms with Gasteiger partial charge in [0.25, 0.3) is 0 Å². The van der Waals surface area contributed by atoms with Gasteiger partial charge in [-0.25, -0.2) is 0 Å². The highest BCUT2D eigenvalue weighted by molar-refractivity contribution is 7.55. The lowest BCUT2D eigenvalue weighted by molar-refractivity contribution is 0.414. The van der Waals surface area contributed by atoms with Crippen LogP contribution in [0.25, 0.3) is 0 Å². The minimum absolute atomic E-state index is 0.595. The first kappa shape index (κ1) is 13.9. The minimum Gasteiger partial charge on any atom is -0.497 e. The third kappa shape index (κ3) is 3.27. The van der Waals surface area contributed by atoms with E-state index >= 15 is 0 Å². The lowest BCUT2D eigenvalue weighted by atomic mass is 10.2. The molecule has 0 aliphatic heterocycles. The molecule has 2 aromatic carbocycles. The van der Waals surface area contributed by atoms with E-state index in [0.717, 1.165) is 11.5 Å². The van der Waals surface area contributed by atoms with Crippen molar-refractivity contribution in [1.82, 2.24) is 0 Å². The summed E-state index contributed by atoms with van der Waals surface area (Å²) in [6, 6.07) is 12.6. The molecule has 0 fully saturated rings. The summed E-state index contributed by atoms with van der Waals surface area (Å²) in [7, 11) is 4.01. The van der Waals surface area contributed by atoms with Gasteiger partial charge in [-0.1, -0.05) is 26.8 Å². The molecule has 2 nitrogen and oxygen atoms in total. The summed E-state index contributed by atoms with van der Waals surface area (Å²) in [5.74, 6) is 1.87. The zero-order valence-corrected chi connectivity index (χ0v) is 12.8. The Kier molecular flexibility index (Phi) is 4.44. The lowest BCUT2D eigenvalue weighted by Crippen LogP contribution is -2.09. The van der Waals surface area contributed by atoms with Crippen molar-refractivity contribution in [2.24, 2.45) is 0 Å². The Labute approximate surface area is 116 Å². The van der Waals surface area contributed by atoms with Crippen LogP contribution in [0.1, 0.15) is 11.1 Å². The van der Waals surface area contributed by atoms with Gasteiger partial charge in [0.05, 0.1) is 14.2 Å². The number of methoxy groups -OCH3 is 2. The summed E-state index contributed by atoms with van der Waals surface area (Å²) in [5.41, 5.74) is 2.47. The molecular formula is C16H19O2P. The Morgan fingerprint density at radius 3 is 2.21 bits per heavy atom. The van der Waals surface area contributed by atoms with Crippen LogP contribution in [0.5, 0.6) is 11.5 Å². The third-order valence-corrected chi connectivity index (χ3v) is 4.57. The van der Waals surface area contributed by atoms with E-state index in [4.69, 9.17) is 9.47 Å². The molecular weight excluding hydrogens is 255 g/mol. The smallest absolute Gasteiger partial charge is 0.126 e. The Balaban J connectivity index is 2.31. The molecule has 0 spiro atoms. The standard InChI is InChI=1S/C16H19O2P/c1-11-5-7-16(14(9-11)18-4)19-15-8-6-13(17-3)10-12(15)2/h5-10,19H,1-4H3. The molecule has 2 rings (SSSR count). The van der Waals surface area contributed by atoms with Crippen LogP contribution >= 0.6 is 8.58 Å². The van der Waals surface area contributed by atoms with Gasteiger partial charge in [0.2, 0.25) is 0 Å². The van der Waals surface area contributed by atoms with Gasteiger partial charge in [0.15, 0.2) is 0 Å². The van der Waals surface area contributed by atoms with Gasteiger partial charge >= 0.3 is 0 Å². The van der Waals surface area contributed by atoms with Crippen molar-refractivity contribution in [3.05, 3.63) is 47.5 Å². The van der Waals surface area contributed by atoms with Crippen LogP contribution in [0.15, 0.2) is 36.4 Å². The molecule has 0 amide bonds. The average molecular weight is 274 g/mol. The molecule has 19 heavy (non-hydrogen) atoms. The van der Waals surface area contributed by atoms with E-state index in [0.29, 0.717) is 8.58 Å². The van der Waals surface area contributed by atoms with Gasteiger partial charge in [-0.3, -0.25) is 0 Å². The second-order valence-corrected chi connectivity index (χ2v) is 5.84. The van der Waals surface area contributed by atoms with Gasteiger partial charge < -0.3 is 9.47 Å². The highest BCUT2D eigenvalue weighted by Gasteiger charge is 2.07. The molecule has 0 aliphatic carbocycles. The first-order chi connectivity index (χ1) is 9.13. The molecule has 0 aromatic heterocycles. The maximum atomic E-state index is 5.47. The maximum absolute atomic E-state index is 5.47. The molecule has 2 aromatic rings. The van der Waals surface area contributed by atoms with Crippen molar-refractivity contribution in [2.45, 2.75) is 13.8 Å². The fraction of sp³-hybridized carbons (Fsp3) is 0.250. The van der Waals surface area contributed by atoms with Crippen LogP contribution in [0, 0.1) is 13.8 Å². The SMILES string of the molecule is COc1ccc(Pc2ccc(C)cc2OC)c(C)c1. The van der Waals surface area contributed by atoms with Crippen LogP contribution in [-0.2, 0) is 0 Å².